The van der Waals surface area contributed by atoms with Gasteiger partial charge >= 0.3 is 0 Å². The van der Waals surface area contributed by atoms with E-state index in [-0.39, 0.29) is 11.5 Å². The van der Waals surface area contributed by atoms with Crippen molar-refractivity contribution in [1.82, 2.24) is 15.1 Å². The summed E-state index contributed by atoms with van der Waals surface area (Å²) in [7, 11) is 0. The second-order valence-electron chi connectivity index (χ2n) is 5.56. The van der Waals surface area contributed by atoms with Crippen LogP contribution in [0.15, 0.2) is 34.4 Å². The maximum atomic E-state index is 11.8. The molecule has 0 unspecified atom stereocenters. The molecule has 5 nitrogen and oxygen atoms in total. The fourth-order valence-corrected chi connectivity index (χ4v) is 2.65. The van der Waals surface area contributed by atoms with Gasteiger partial charge in [0.05, 0.1) is 4.88 Å². The van der Waals surface area contributed by atoms with Gasteiger partial charge in [-0.1, -0.05) is 19.9 Å². The molecule has 0 aromatic carbocycles. The lowest BCUT2D eigenvalue weighted by atomic mass is 10.2. The molecule has 118 valence electrons. The first-order chi connectivity index (χ1) is 10.6. The molecule has 0 aliphatic heterocycles. The standard InChI is InChI=1S/C16H21N3O2S/c1-12(2)11-17-15(20)6-3-9-19-16(21)8-7-13(18-19)14-5-4-10-22-14/h4-5,7-8,10,12H,3,6,9,11H2,1-2H3,(H,17,20). The van der Waals surface area contributed by atoms with Crippen molar-refractivity contribution >= 4 is 17.2 Å². The third-order valence-electron chi connectivity index (χ3n) is 3.12. The van der Waals surface area contributed by atoms with E-state index in [0.717, 1.165) is 10.6 Å². The highest BCUT2D eigenvalue weighted by Crippen LogP contribution is 2.21. The molecule has 0 bridgehead atoms. The van der Waals surface area contributed by atoms with Crippen LogP contribution in [0.3, 0.4) is 0 Å². The van der Waals surface area contributed by atoms with Crippen molar-refractivity contribution in [3.8, 4) is 10.6 Å². The summed E-state index contributed by atoms with van der Waals surface area (Å²) in [6.45, 7) is 5.25. The highest BCUT2D eigenvalue weighted by molar-refractivity contribution is 7.13. The molecule has 2 aromatic heterocycles. The minimum Gasteiger partial charge on any atom is -0.356 e. The van der Waals surface area contributed by atoms with Crippen LogP contribution in [0.1, 0.15) is 26.7 Å². The monoisotopic (exact) mass is 319 g/mol. The average molecular weight is 319 g/mol. The number of nitrogens with one attached hydrogen (secondary N) is 1. The third-order valence-corrected chi connectivity index (χ3v) is 4.01. The van der Waals surface area contributed by atoms with E-state index >= 15 is 0 Å². The molecule has 0 saturated heterocycles. The van der Waals surface area contributed by atoms with Crippen LogP contribution in [0.4, 0.5) is 0 Å². The molecule has 1 N–H and O–H groups in total. The van der Waals surface area contributed by atoms with Crippen molar-refractivity contribution in [3.05, 3.63) is 40.0 Å². The SMILES string of the molecule is CC(C)CNC(=O)CCCn1nc(-c2cccs2)ccc1=O. The molecule has 0 saturated carbocycles. The molecule has 0 aliphatic carbocycles. The maximum Gasteiger partial charge on any atom is 0.266 e. The van der Waals surface area contributed by atoms with Gasteiger partial charge in [0.15, 0.2) is 0 Å². The van der Waals surface area contributed by atoms with Gasteiger partial charge in [0.1, 0.15) is 5.69 Å². The first kappa shape index (κ1) is 16.4. The van der Waals surface area contributed by atoms with E-state index in [1.165, 1.54) is 10.7 Å². The van der Waals surface area contributed by atoms with E-state index in [2.05, 4.69) is 24.3 Å². The minimum absolute atomic E-state index is 0.0242. The third kappa shape index (κ3) is 4.80. The van der Waals surface area contributed by atoms with Gasteiger partial charge in [-0.05, 0) is 29.9 Å². The predicted molar refractivity (Wildman–Crippen MR) is 88.9 cm³/mol. The fourth-order valence-electron chi connectivity index (χ4n) is 1.96. The van der Waals surface area contributed by atoms with Crippen LogP contribution in [0, 0.1) is 5.92 Å². The second-order valence-corrected chi connectivity index (χ2v) is 6.51. The number of hydrogen-bond donors (Lipinski definition) is 1. The Morgan fingerprint density at radius 2 is 2.18 bits per heavy atom. The lowest BCUT2D eigenvalue weighted by molar-refractivity contribution is -0.121. The molecular formula is C16H21N3O2S. The molecule has 22 heavy (non-hydrogen) atoms. The van der Waals surface area contributed by atoms with Crippen molar-refractivity contribution < 1.29 is 4.79 Å². The summed E-state index contributed by atoms with van der Waals surface area (Å²) in [5.74, 6) is 0.465. The van der Waals surface area contributed by atoms with Crippen LogP contribution in [-0.4, -0.2) is 22.2 Å². The molecule has 0 radical (unpaired) electrons. The van der Waals surface area contributed by atoms with E-state index in [0.29, 0.717) is 31.8 Å². The summed E-state index contributed by atoms with van der Waals surface area (Å²) in [6.07, 6.45) is 1.01. The minimum atomic E-state index is -0.136. The molecule has 2 rings (SSSR count). The number of hydrogen-bond acceptors (Lipinski definition) is 4. The molecule has 0 spiro atoms. The van der Waals surface area contributed by atoms with Gasteiger partial charge in [-0.3, -0.25) is 9.59 Å². The van der Waals surface area contributed by atoms with E-state index in [1.807, 2.05) is 17.5 Å². The van der Waals surface area contributed by atoms with E-state index in [1.54, 1.807) is 17.4 Å². The zero-order chi connectivity index (χ0) is 15.9. The second kappa shape index (κ2) is 7.89. The first-order valence-electron chi connectivity index (χ1n) is 7.45. The molecule has 2 heterocycles. The number of thiophene rings is 1. The number of carbonyl (C=O) groups is 1. The molecule has 6 heteroatoms. The maximum absolute atomic E-state index is 11.8. The quantitative estimate of drug-likeness (QED) is 0.853. The van der Waals surface area contributed by atoms with Gasteiger partial charge < -0.3 is 5.32 Å². The van der Waals surface area contributed by atoms with Crippen molar-refractivity contribution in [2.24, 2.45) is 5.92 Å². The zero-order valence-corrected chi connectivity index (χ0v) is 13.7. The highest BCUT2D eigenvalue weighted by Gasteiger charge is 2.06. The molecule has 2 aromatic rings. The van der Waals surface area contributed by atoms with Crippen molar-refractivity contribution in [2.75, 3.05) is 6.54 Å². The summed E-state index contributed by atoms with van der Waals surface area (Å²) in [5.41, 5.74) is 0.654. The average Bonchev–Trinajstić information content (AvgIpc) is 3.01. The first-order valence-corrected chi connectivity index (χ1v) is 8.33. The zero-order valence-electron chi connectivity index (χ0n) is 12.9. The molecule has 0 aliphatic rings. The predicted octanol–water partition coefficient (Wildman–Crippen LogP) is 2.52. The van der Waals surface area contributed by atoms with Gasteiger partial charge in [0.2, 0.25) is 5.91 Å². The van der Waals surface area contributed by atoms with Gasteiger partial charge in [-0.25, -0.2) is 4.68 Å². The van der Waals surface area contributed by atoms with E-state index < -0.39 is 0 Å². The Hall–Kier alpha value is -1.95. The normalized spacial score (nSPS) is 10.9. The van der Waals surface area contributed by atoms with Crippen LogP contribution >= 0.6 is 11.3 Å². The Bertz CT molecular complexity index is 662. The number of carbonyl (C=O) groups excluding carboxylic acids is 1. The summed E-state index contributed by atoms with van der Waals surface area (Å²) in [6, 6.07) is 7.19. The van der Waals surface area contributed by atoms with Crippen LogP contribution < -0.4 is 10.9 Å². The Morgan fingerprint density at radius 1 is 1.36 bits per heavy atom. The van der Waals surface area contributed by atoms with Gasteiger partial charge in [-0.2, -0.15) is 5.10 Å². The van der Waals surface area contributed by atoms with E-state index in [9.17, 15) is 9.59 Å². The number of aryl methyl sites for hydroxylation is 1. The molecule has 0 fully saturated rings. The van der Waals surface area contributed by atoms with Crippen molar-refractivity contribution in [2.45, 2.75) is 33.2 Å². The summed E-state index contributed by atoms with van der Waals surface area (Å²) >= 11 is 1.59. The fraction of sp³-hybridized carbons (Fsp3) is 0.438. The lowest BCUT2D eigenvalue weighted by Gasteiger charge is -2.08. The number of aromatic nitrogens is 2. The Kier molecular flexibility index (Phi) is 5.89. The summed E-state index contributed by atoms with van der Waals surface area (Å²) < 4.78 is 1.44. The van der Waals surface area contributed by atoms with Crippen molar-refractivity contribution in [1.29, 1.82) is 0 Å². The van der Waals surface area contributed by atoms with Crippen LogP contribution in [0.2, 0.25) is 0 Å². The highest BCUT2D eigenvalue weighted by atomic mass is 32.1. The van der Waals surface area contributed by atoms with E-state index in [4.69, 9.17) is 0 Å². The van der Waals surface area contributed by atoms with Gasteiger partial charge in [0.25, 0.3) is 5.56 Å². The van der Waals surface area contributed by atoms with Crippen LogP contribution in [0.25, 0.3) is 10.6 Å². The topological polar surface area (TPSA) is 64.0 Å². The Labute approximate surface area is 134 Å². The summed E-state index contributed by atoms with van der Waals surface area (Å²) in [5, 5.41) is 9.22. The number of nitrogens with zero attached hydrogens (tertiary/aromatic N) is 2. The van der Waals surface area contributed by atoms with Crippen LogP contribution in [0.5, 0.6) is 0 Å². The molecule has 0 atom stereocenters. The summed E-state index contributed by atoms with van der Waals surface area (Å²) in [4.78, 5) is 24.5. The van der Waals surface area contributed by atoms with Crippen molar-refractivity contribution in [3.63, 3.8) is 0 Å². The Balaban J connectivity index is 1.91. The van der Waals surface area contributed by atoms with Gasteiger partial charge in [0, 0.05) is 25.6 Å². The lowest BCUT2D eigenvalue weighted by Crippen LogP contribution is -2.28. The number of rotatable bonds is 7. The van der Waals surface area contributed by atoms with Crippen LogP contribution in [-0.2, 0) is 11.3 Å². The Morgan fingerprint density at radius 3 is 2.86 bits per heavy atom. The molecule has 1 amide bonds. The number of amides is 1. The molecular weight excluding hydrogens is 298 g/mol. The van der Waals surface area contributed by atoms with Gasteiger partial charge in [-0.15, -0.1) is 11.3 Å². The largest absolute Gasteiger partial charge is 0.356 e. The smallest absolute Gasteiger partial charge is 0.266 e.